The van der Waals surface area contributed by atoms with Crippen molar-refractivity contribution in [1.29, 1.82) is 0 Å². The van der Waals surface area contributed by atoms with E-state index in [1.54, 1.807) is 14.0 Å². The highest BCUT2D eigenvalue weighted by Gasteiger charge is 2.00. The minimum absolute atomic E-state index is 0.119. The minimum atomic E-state index is -0.301. The zero-order valence-corrected chi connectivity index (χ0v) is 7.46. The number of rotatable bonds is 3. The Bertz CT molecular complexity index is 150. The first kappa shape index (κ1) is 10.2. The van der Waals surface area contributed by atoms with Crippen molar-refractivity contribution in [2.75, 3.05) is 20.2 Å². The average molecular weight is 176 g/mol. The van der Waals surface area contributed by atoms with Gasteiger partial charge in [0.05, 0.1) is 6.61 Å². The molecule has 0 atom stereocenters. The molecular weight excluding hydrogens is 164 g/mol. The van der Waals surface area contributed by atoms with Gasteiger partial charge in [0.1, 0.15) is 6.54 Å². The van der Waals surface area contributed by atoms with Gasteiger partial charge in [0.15, 0.2) is 5.11 Å². The molecule has 0 saturated heterocycles. The Balaban J connectivity index is 3.38. The summed E-state index contributed by atoms with van der Waals surface area (Å²) in [5, 5.41) is 5.78. The van der Waals surface area contributed by atoms with Crippen LogP contribution in [0, 0.1) is 0 Å². The topological polar surface area (TPSA) is 50.4 Å². The van der Waals surface area contributed by atoms with Crippen LogP contribution in [0.4, 0.5) is 0 Å². The van der Waals surface area contributed by atoms with Crippen molar-refractivity contribution in [2.24, 2.45) is 0 Å². The van der Waals surface area contributed by atoms with E-state index in [0.29, 0.717) is 11.7 Å². The van der Waals surface area contributed by atoms with Gasteiger partial charge in [-0.2, -0.15) is 0 Å². The highest BCUT2D eigenvalue weighted by molar-refractivity contribution is 7.80. The number of carbonyl (C=O) groups excluding carboxylic acids is 1. The summed E-state index contributed by atoms with van der Waals surface area (Å²) in [6.07, 6.45) is 0. The number of thiocarbonyl (C=S) groups is 1. The summed E-state index contributed by atoms with van der Waals surface area (Å²) in [5.41, 5.74) is 0. The van der Waals surface area contributed by atoms with Gasteiger partial charge in [0.25, 0.3) is 0 Å². The molecule has 0 bridgehead atoms. The molecule has 64 valence electrons. The summed E-state index contributed by atoms with van der Waals surface area (Å²) >= 11 is 4.73. The van der Waals surface area contributed by atoms with E-state index in [1.807, 2.05) is 0 Å². The number of ether oxygens (including phenoxy) is 1. The number of carbonyl (C=O) groups is 1. The van der Waals surface area contributed by atoms with Gasteiger partial charge in [-0.25, -0.2) is 0 Å². The molecule has 0 aliphatic carbocycles. The smallest absolute Gasteiger partial charge is 0.325 e. The third kappa shape index (κ3) is 5.60. The van der Waals surface area contributed by atoms with Gasteiger partial charge in [-0.05, 0) is 19.1 Å². The lowest BCUT2D eigenvalue weighted by atomic mass is 10.6. The summed E-state index contributed by atoms with van der Waals surface area (Å²) in [7, 11) is 1.68. The lowest BCUT2D eigenvalue weighted by Gasteiger charge is -2.05. The summed E-state index contributed by atoms with van der Waals surface area (Å²) in [4.78, 5) is 10.7. The summed E-state index contributed by atoms with van der Waals surface area (Å²) in [6.45, 7) is 2.27. The maximum Gasteiger partial charge on any atom is 0.325 e. The fourth-order valence-electron chi connectivity index (χ4n) is 0.453. The zero-order chi connectivity index (χ0) is 8.69. The molecule has 0 heterocycles. The van der Waals surface area contributed by atoms with E-state index in [2.05, 4.69) is 15.4 Å². The van der Waals surface area contributed by atoms with Crippen molar-refractivity contribution >= 4 is 23.3 Å². The molecule has 11 heavy (non-hydrogen) atoms. The number of esters is 1. The Morgan fingerprint density at radius 3 is 2.73 bits per heavy atom. The number of hydrogen-bond acceptors (Lipinski definition) is 3. The van der Waals surface area contributed by atoms with E-state index in [-0.39, 0.29) is 12.5 Å². The minimum Gasteiger partial charge on any atom is -0.465 e. The standard InChI is InChI=1S/C6H12N2O2S/c1-3-10-5(9)4-8-6(11)7-2/h3-4H2,1-2H3,(H2,7,8,11). The van der Waals surface area contributed by atoms with Gasteiger partial charge in [-0.1, -0.05) is 0 Å². The van der Waals surface area contributed by atoms with Crippen LogP contribution in [0.25, 0.3) is 0 Å². The Kier molecular flexibility index (Phi) is 5.46. The number of nitrogens with one attached hydrogen (secondary N) is 2. The molecule has 0 aliphatic heterocycles. The Morgan fingerprint density at radius 2 is 2.27 bits per heavy atom. The SMILES string of the molecule is CCOC(=O)CNC(=S)NC. The molecule has 5 heteroatoms. The quantitative estimate of drug-likeness (QED) is 0.454. The molecular formula is C6H12N2O2S. The van der Waals surface area contributed by atoms with Crippen molar-refractivity contribution in [1.82, 2.24) is 10.6 Å². The first-order valence-electron chi connectivity index (χ1n) is 3.32. The molecule has 0 rings (SSSR count). The fourth-order valence-corrected chi connectivity index (χ4v) is 0.525. The highest BCUT2D eigenvalue weighted by Crippen LogP contribution is 1.74. The van der Waals surface area contributed by atoms with Gasteiger partial charge in [-0.3, -0.25) is 4.79 Å². The molecule has 0 unspecified atom stereocenters. The average Bonchev–Trinajstić information content (AvgIpc) is 2.01. The normalized spacial score (nSPS) is 8.55. The number of hydrogen-bond donors (Lipinski definition) is 2. The largest absolute Gasteiger partial charge is 0.465 e. The van der Waals surface area contributed by atoms with E-state index in [0.717, 1.165) is 0 Å². The molecule has 4 nitrogen and oxygen atoms in total. The lowest BCUT2D eigenvalue weighted by molar-refractivity contribution is -0.141. The summed E-state index contributed by atoms with van der Waals surface area (Å²) in [5.74, 6) is -0.301. The fraction of sp³-hybridized carbons (Fsp3) is 0.667. The highest BCUT2D eigenvalue weighted by atomic mass is 32.1. The molecule has 2 N–H and O–H groups in total. The van der Waals surface area contributed by atoms with Gasteiger partial charge in [0, 0.05) is 7.05 Å². The molecule has 0 aliphatic rings. The molecule has 0 fully saturated rings. The predicted molar refractivity (Wildman–Crippen MR) is 46.3 cm³/mol. The van der Waals surface area contributed by atoms with E-state index in [1.165, 1.54) is 0 Å². The maximum atomic E-state index is 10.7. The molecule has 0 aromatic carbocycles. The second-order valence-corrected chi connectivity index (χ2v) is 2.15. The first-order valence-corrected chi connectivity index (χ1v) is 3.72. The molecule has 0 radical (unpaired) electrons. The lowest BCUT2D eigenvalue weighted by Crippen LogP contribution is -2.36. The van der Waals surface area contributed by atoms with Crippen molar-refractivity contribution in [3.05, 3.63) is 0 Å². The van der Waals surface area contributed by atoms with Gasteiger partial charge in [0.2, 0.25) is 0 Å². The van der Waals surface area contributed by atoms with E-state index < -0.39 is 0 Å². The molecule has 0 saturated carbocycles. The van der Waals surface area contributed by atoms with Crippen LogP contribution in [0.5, 0.6) is 0 Å². The van der Waals surface area contributed by atoms with Crippen LogP contribution in [0.1, 0.15) is 6.92 Å². The van der Waals surface area contributed by atoms with Gasteiger partial charge < -0.3 is 15.4 Å². The van der Waals surface area contributed by atoms with Gasteiger partial charge >= 0.3 is 5.97 Å². The van der Waals surface area contributed by atoms with Crippen LogP contribution in [0.3, 0.4) is 0 Å². The Morgan fingerprint density at radius 1 is 1.64 bits per heavy atom. The van der Waals surface area contributed by atoms with Crippen molar-refractivity contribution in [3.63, 3.8) is 0 Å². The summed E-state index contributed by atoms with van der Waals surface area (Å²) in [6, 6.07) is 0. The summed E-state index contributed by atoms with van der Waals surface area (Å²) < 4.78 is 4.65. The van der Waals surface area contributed by atoms with E-state index in [4.69, 9.17) is 12.2 Å². The van der Waals surface area contributed by atoms with Crippen LogP contribution in [-0.2, 0) is 9.53 Å². The van der Waals surface area contributed by atoms with Crippen LogP contribution >= 0.6 is 12.2 Å². The zero-order valence-electron chi connectivity index (χ0n) is 6.64. The monoisotopic (exact) mass is 176 g/mol. The Labute approximate surface area is 71.3 Å². The second kappa shape index (κ2) is 5.91. The van der Waals surface area contributed by atoms with Crippen molar-refractivity contribution in [2.45, 2.75) is 6.92 Å². The first-order chi connectivity index (χ1) is 5.20. The van der Waals surface area contributed by atoms with Crippen molar-refractivity contribution in [3.8, 4) is 0 Å². The van der Waals surface area contributed by atoms with Crippen LogP contribution in [0.2, 0.25) is 0 Å². The third-order valence-corrected chi connectivity index (χ3v) is 1.27. The Hall–Kier alpha value is -0.840. The van der Waals surface area contributed by atoms with Crippen LogP contribution in [-0.4, -0.2) is 31.3 Å². The van der Waals surface area contributed by atoms with Crippen molar-refractivity contribution < 1.29 is 9.53 Å². The van der Waals surface area contributed by atoms with E-state index in [9.17, 15) is 4.79 Å². The van der Waals surface area contributed by atoms with E-state index >= 15 is 0 Å². The molecule has 0 amide bonds. The molecule has 0 aromatic heterocycles. The maximum absolute atomic E-state index is 10.7. The third-order valence-electron chi connectivity index (χ3n) is 0.926. The van der Waals surface area contributed by atoms with Crippen LogP contribution < -0.4 is 10.6 Å². The predicted octanol–water partition coefficient (Wildman–Crippen LogP) is -0.357. The van der Waals surface area contributed by atoms with Crippen LogP contribution in [0.15, 0.2) is 0 Å². The molecule has 0 spiro atoms. The molecule has 0 aromatic rings. The second-order valence-electron chi connectivity index (χ2n) is 1.74. The van der Waals surface area contributed by atoms with Gasteiger partial charge in [-0.15, -0.1) is 0 Å².